The van der Waals surface area contributed by atoms with Crippen molar-refractivity contribution in [2.75, 3.05) is 0 Å². The zero-order chi connectivity index (χ0) is 23.1. The molecule has 178 valence electrons. The normalized spacial score (nSPS) is 26.8. The summed E-state index contributed by atoms with van der Waals surface area (Å²) in [4.78, 5) is 10.2. The first kappa shape index (κ1) is 24.6. The first-order valence-corrected chi connectivity index (χ1v) is 11.7. The number of allylic oxidation sites excluding steroid dienone is 1. The summed E-state index contributed by atoms with van der Waals surface area (Å²) in [6, 6.07) is 1.34. The van der Waals surface area contributed by atoms with Gasteiger partial charge in [-0.05, 0) is 56.3 Å². The van der Waals surface area contributed by atoms with Crippen LogP contribution in [-0.2, 0) is 4.79 Å². The largest absolute Gasteiger partial charge is 0.459 e. The Morgan fingerprint density at radius 1 is 0.969 bits per heavy atom. The van der Waals surface area contributed by atoms with Crippen LogP contribution in [0.5, 0.6) is 11.5 Å². The molecule has 0 unspecified atom stereocenters. The molecule has 0 N–H and O–H groups in total. The molecule has 2 aliphatic rings. The molecule has 1 aromatic rings. The number of hydrogen-bond acceptors (Lipinski definition) is 3. The predicted molar refractivity (Wildman–Crippen MR) is 114 cm³/mol. The van der Waals surface area contributed by atoms with Gasteiger partial charge in [0.05, 0.1) is 12.2 Å². The molecule has 0 saturated heterocycles. The summed E-state index contributed by atoms with van der Waals surface area (Å²) in [5.74, 6) is -2.79. The number of carbonyl (C=O) groups excluding carboxylic acids is 1. The highest BCUT2D eigenvalue weighted by Gasteiger charge is 2.45. The molecule has 3 nitrogen and oxygen atoms in total. The molecule has 0 aliphatic heterocycles. The zero-order valence-electron chi connectivity index (χ0n) is 18.5. The van der Waals surface area contributed by atoms with E-state index in [0.717, 1.165) is 31.1 Å². The minimum atomic E-state index is -3.51. The second-order valence-corrected chi connectivity index (χ2v) is 9.14. The van der Waals surface area contributed by atoms with Gasteiger partial charge in [0.2, 0.25) is 0 Å². The van der Waals surface area contributed by atoms with Crippen molar-refractivity contribution in [3.05, 3.63) is 36.1 Å². The molecule has 32 heavy (non-hydrogen) atoms. The predicted octanol–water partition coefficient (Wildman–Crippen LogP) is 7.44. The third-order valence-corrected chi connectivity index (χ3v) is 7.07. The molecular formula is C25H32F4O3. The van der Waals surface area contributed by atoms with Crippen molar-refractivity contribution in [1.29, 1.82) is 0 Å². The Kier molecular flexibility index (Phi) is 8.60. The van der Waals surface area contributed by atoms with Crippen LogP contribution >= 0.6 is 0 Å². The van der Waals surface area contributed by atoms with Gasteiger partial charge in [0.1, 0.15) is 12.0 Å². The highest BCUT2D eigenvalue weighted by Crippen LogP contribution is 2.46. The summed E-state index contributed by atoms with van der Waals surface area (Å²) < 4.78 is 67.1. The molecule has 1 aromatic carbocycles. The monoisotopic (exact) mass is 456 g/mol. The molecule has 0 aromatic heterocycles. The van der Waals surface area contributed by atoms with Gasteiger partial charge in [0, 0.05) is 18.2 Å². The van der Waals surface area contributed by atoms with E-state index in [1.807, 2.05) is 0 Å². The Labute approximate surface area is 187 Å². The first-order valence-electron chi connectivity index (χ1n) is 11.7. The molecule has 0 amide bonds. The fourth-order valence-electron chi connectivity index (χ4n) is 5.37. The van der Waals surface area contributed by atoms with E-state index in [-0.39, 0.29) is 0 Å². The van der Waals surface area contributed by atoms with Gasteiger partial charge in [0.25, 0.3) is 0 Å². The first-order chi connectivity index (χ1) is 15.3. The Balaban J connectivity index is 1.54. The summed E-state index contributed by atoms with van der Waals surface area (Å²) >= 11 is 0. The summed E-state index contributed by atoms with van der Waals surface area (Å²) in [6.45, 7) is 2.22. The van der Waals surface area contributed by atoms with E-state index < -0.39 is 35.2 Å². The number of aldehydes is 1. The van der Waals surface area contributed by atoms with Crippen LogP contribution in [0.3, 0.4) is 0 Å². The molecule has 2 saturated carbocycles. The summed E-state index contributed by atoms with van der Waals surface area (Å²) in [5.41, 5.74) is 0. The molecule has 3 rings (SSSR count). The number of ether oxygens (including phenoxy) is 2. The smallest absolute Gasteiger partial charge is 0.400 e. The maximum Gasteiger partial charge on any atom is 0.400 e. The Morgan fingerprint density at radius 2 is 1.53 bits per heavy atom. The maximum atomic E-state index is 14.8. The molecule has 2 fully saturated rings. The average molecular weight is 457 g/mol. The highest BCUT2D eigenvalue weighted by molar-refractivity contribution is 5.64. The van der Waals surface area contributed by atoms with Gasteiger partial charge >= 0.3 is 6.11 Å². The fourth-order valence-corrected chi connectivity index (χ4v) is 5.37. The van der Waals surface area contributed by atoms with Crippen LogP contribution in [0.1, 0.15) is 71.1 Å². The number of hydrogen-bond donors (Lipinski definition) is 0. The Morgan fingerprint density at radius 3 is 2.06 bits per heavy atom. The molecule has 0 spiro atoms. The lowest BCUT2D eigenvalue weighted by molar-refractivity contribution is -0.224. The van der Waals surface area contributed by atoms with Crippen molar-refractivity contribution in [3.8, 4) is 11.5 Å². The van der Waals surface area contributed by atoms with E-state index in [1.165, 1.54) is 38.5 Å². The lowest BCUT2D eigenvalue weighted by Crippen LogP contribution is -2.38. The minimum absolute atomic E-state index is 0.342. The second kappa shape index (κ2) is 11.2. The number of carbonyl (C=O) groups is 1. The number of alkyl halides is 2. The standard InChI is InChI=1S/C25H32F4O3/c1-2-4-17-5-7-18(8-6-17)19-9-11-20(12-10-19)25(28,29)32-21-15-22(26)24(23(27)16-21)31-14-3-13-30/h3,13-20H,2,4-12H2,1H3. The van der Waals surface area contributed by atoms with Gasteiger partial charge < -0.3 is 9.47 Å². The van der Waals surface area contributed by atoms with Crippen LogP contribution in [0.25, 0.3) is 0 Å². The maximum absolute atomic E-state index is 14.8. The number of rotatable bonds is 9. The van der Waals surface area contributed by atoms with Crippen LogP contribution in [0.2, 0.25) is 0 Å². The molecule has 2 aliphatic carbocycles. The fraction of sp³-hybridized carbons (Fsp3) is 0.640. The lowest BCUT2D eigenvalue weighted by Gasteiger charge is -2.39. The van der Waals surface area contributed by atoms with Crippen molar-refractivity contribution in [1.82, 2.24) is 0 Å². The van der Waals surface area contributed by atoms with Crippen molar-refractivity contribution in [2.24, 2.45) is 23.7 Å². The highest BCUT2D eigenvalue weighted by atomic mass is 19.3. The van der Waals surface area contributed by atoms with E-state index in [9.17, 15) is 22.4 Å². The van der Waals surface area contributed by atoms with E-state index in [2.05, 4.69) is 6.92 Å². The van der Waals surface area contributed by atoms with Gasteiger partial charge in [-0.1, -0.05) is 32.6 Å². The van der Waals surface area contributed by atoms with E-state index in [0.29, 0.717) is 43.1 Å². The van der Waals surface area contributed by atoms with Crippen LogP contribution < -0.4 is 9.47 Å². The van der Waals surface area contributed by atoms with Crippen LogP contribution in [0.4, 0.5) is 17.6 Å². The van der Waals surface area contributed by atoms with E-state index in [1.54, 1.807) is 0 Å². The topological polar surface area (TPSA) is 35.5 Å². The third-order valence-electron chi connectivity index (χ3n) is 7.07. The molecule has 0 bridgehead atoms. The van der Waals surface area contributed by atoms with Gasteiger partial charge in [-0.15, -0.1) is 0 Å². The molecule has 0 atom stereocenters. The summed E-state index contributed by atoms with van der Waals surface area (Å²) in [6.07, 6.45) is 8.14. The van der Waals surface area contributed by atoms with Gasteiger partial charge in [0.15, 0.2) is 17.4 Å². The Hall–Kier alpha value is -2.05. The van der Waals surface area contributed by atoms with Crippen LogP contribution in [-0.4, -0.2) is 12.4 Å². The van der Waals surface area contributed by atoms with E-state index in [4.69, 9.17) is 9.47 Å². The lowest BCUT2D eigenvalue weighted by atomic mass is 9.68. The average Bonchev–Trinajstić information content (AvgIpc) is 2.76. The van der Waals surface area contributed by atoms with Crippen LogP contribution in [0, 0.1) is 35.3 Å². The quantitative estimate of drug-likeness (QED) is 0.168. The van der Waals surface area contributed by atoms with Crippen molar-refractivity contribution < 1.29 is 31.8 Å². The molecule has 0 heterocycles. The summed E-state index contributed by atoms with van der Waals surface area (Å²) in [7, 11) is 0. The number of benzene rings is 1. The van der Waals surface area contributed by atoms with Gasteiger partial charge in [-0.2, -0.15) is 8.78 Å². The second-order valence-electron chi connectivity index (χ2n) is 9.14. The summed E-state index contributed by atoms with van der Waals surface area (Å²) in [5, 5.41) is 0. The third kappa shape index (κ3) is 6.26. The van der Waals surface area contributed by atoms with Crippen molar-refractivity contribution in [2.45, 2.75) is 77.2 Å². The van der Waals surface area contributed by atoms with Gasteiger partial charge in [-0.25, -0.2) is 8.78 Å². The minimum Gasteiger partial charge on any atom is -0.459 e. The molecule has 0 radical (unpaired) electrons. The SMILES string of the molecule is CCCC1CCC(C2CCC(C(F)(F)Oc3cc(F)c(OC=CC=O)c(F)c3)CC2)CC1. The zero-order valence-corrected chi connectivity index (χ0v) is 18.5. The molecule has 7 heteroatoms. The van der Waals surface area contributed by atoms with Crippen LogP contribution in [0.15, 0.2) is 24.5 Å². The van der Waals surface area contributed by atoms with Crippen molar-refractivity contribution >= 4 is 6.29 Å². The van der Waals surface area contributed by atoms with Crippen molar-refractivity contribution in [3.63, 3.8) is 0 Å². The Bertz CT molecular complexity index is 756. The van der Waals surface area contributed by atoms with Gasteiger partial charge in [-0.3, -0.25) is 4.79 Å². The van der Waals surface area contributed by atoms with E-state index >= 15 is 0 Å². The number of halogens is 4. The molecular weight excluding hydrogens is 424 g/mol.